The van der Waals surface area contributed by atoms with E-state index in [1.807, 2.05) is 20.8 Å². The van der Waals surface area contributed by atoms with E-state index in [2.05, 4.69) is 71.8 Å². The van der Waals surface area contributed by atoms with Crippen LogP contribution in [0.2, 0.25) is 0 Å². The molecule has 140 heavy (non-hydrogen) atoms. The smallest absolute Gasteiger partial charge is 0.326 e. The van der Waals surface area contributed by atoms with E-state index in [-0.39, 0.29) is 189 Å². The number of carboxylic acid groups (broad SMARTS) is 3. The van der Waals surface area contributed by atoms with Crippen LogP contribution in [0.15, 0.2) is 70.5 Å². The zero-order chi connectivity index (χ0) is 106. The summed E-state index contributed by atoms with van der Waals surface area (Å²) < 4.78 is 5.38. The molecule has 2 aromatic carbocycles. The number of amidine groups is 2. The predicted molar refractivity (Wildman–Crippen MR) is 523 cm³/mol. The largest absolute Gasteiger partial charge is 0.481 e. The van der Waals surface area contributed by atoms with E-state index in [4.69, 9.17) is 60.2 Å². The number of amides is 4. The summed E-state index contributed by atoms with van der Waals surface area (Å²) in [4.78, 5) is 221. The summed E-state index contributed by atoms with van der Waals surface area (Å²) in [6.45, 7) is 27.7. The van der Waals surface area contributed by atoms with Gasteiger partial charge in [0, 0.05) is 108 Å². The van der Waals surface area contributed by atoms with Crippen LogP contribution >= 0.6 is 0 Å². The molecule has 46 nitrogen and oxygen atoms in total. The number of hydrogen-bond donors (Lipinski definition) is 23. The molecular weight excluding hydrogens is 1820 g/mol. The number of anilines is 4. The Hall–Kier alpha value is -13.3. The lowest BCUT2D eigenvalue weighted by molar-refractivity contribution is -0.250. The third-order valence-corrected chi connectivity index (χ3v) is 21.3. The Bertz CT molecular complexity index is 5380. The number of aliphatic carboxylic acids is 3. The highest BCUT2D eigenvalue weighted by atomic mass is 16.5. The van der Waals surface area contributed by atoms with Crippen LogP contribution in [0.25, 0.3) is 22.3 Å². The fraction of sp³-hybridized carbons (Fsp3) is 0.574. The van der Waals surface area contributed by atoms with E-state index in [0.29, 0.717) is 79.7 Å². The van der Waals surface area contributed by atoms with Gasteiger partial charge in [0.15, 0.2) is 33.9 Å². The molecule has 6 aromatic rings. The molecule has 0 spiro atoms. The molecule has 7 rings (SSSR count). The Balaban J connectivity index is 0.000000604. The molecule has 5 heterocycles. The van der Waals surface area contributed by atoms with Crippen molar-refractivity contribution in [3.05, 3.63) is 104 Å². The third kappa shape index (κ3) is 43.8. The minimum absolute atomic E-state index is 0. The summed E-state index contributed by atoms with van der Waals surface area (Å²) in [5.74, 6) is -7.03. The van der Waals surface area contributed by atoms with Crippen molar-refractivity contribution in [1.29, 1.82) is 10.8 Å². The lowest BCUT2D eigenvalue weighted by Crippen LogP contribution is -2.61. The number of H-pyrrole nitrogens is 2. The molecule has 1 aliphatic rings. The Morgan fingerprint density at radius 3 is 1.21 bits per heavy atom. The lowest BCUT2D eigenvalue weighted by Gasteiger charge is -2.45. The fourth-order valence-corrected chi connectivity index (χ4v) is 13.0. The van der Waals surface area contributed by atoms with Crippen LogP contribution in [0.3, 0.4) is 0 Å². The van der Waals surface area contributed by atoms with Crippen molar-refractivity contribution in [3.8, 4) is 0 Å². The van der Waals surface area contributed by atoms with Gasteiger partial charge < -0.3 is 107 Å². The van der Waals surface area contributed by atoms with Gasteiger partial charge in [-0.1, -0.05) is 124 Å². The SMILES string of the molecule is C.CC(=O)C[C@H](NC(=O)CCC(=O)[C@@H](N)CCCCC(=N)N)C(=O)C(C)(C)C.CC(C)(C)C(=O)C(CCC(=O)O)NC(=O)c1ccc(NCc2cnc3nc(N)[nH]c(=O)c3n2)cc1.CC(C)(C)C(=O)CCC(NC(=O)c1ccc(NCc2cnc3nc(N)[nH]c(=O)c3n2)cc1)C(=O)O.CC(C)(C)C(=O)C[C@H](NC(=O)CCC(=O)[C@@H](N)CCCCC(=N)N)C(=O)O.CC(C)(C)C1OC(CO)C(O)C(O)C1O. The molecule has 0 aliphatic carbocycles. The molecule has 1 fully saturated rings. The first kappa shape index (κ1) is 123. The second kappa shape index (κ2) is 56.7. The van der Waals surface area contributed by atoms with E-state index in [0.717, 1.165) is 0 Å². The van der Waals surface area contributed by atoms with E-state index >= 15 is 0 Å². The van der Waals surface area contributed by atoms with E-state index < -0.39 is 141 Å². The van der Waals surface area contributed by atoms with Crippen LogP contribution in [-0.2, 0) is 75.4 Å². The number of unbranched alkanes of at least 4 members (excludes halogenated alkanes) is 2. The van der Waals surface area contributed by atoms with Gasteiger partial charge in [0.2, 0.25) is 23.7 Å². The van der Waals surface area contributed by atoms with Crippen molar-refractivity contribution >= 4 is 139 Å². The lowest BCUT2D eigenvalue weighted by atomic mass is 9.80. The molecule has 46 heteroatoms. The molecule has 4 aromatic heterocycles. The van der Waals surface area contributed by atoms with Gasteiger partial charge in [-0.15, -0.1) is 0 Å². The van der Waals surface area contributed by atoms with Crippen molar-refractivity contribution in [2.24, 2.45) is 50.0 Å². The number of carbonyl (C=O) groups is 14. The van der Waals surface area contributed by atoms with E-state index in [9.17, 15) is 102 Å². The first-order valence-corrected chi connectivity index (χ1v) is 45.1. The standard InChI is InChI=1S/2C23H27N7O5.C19H34N4O4.C18H32N4O5.C10H20O5.CH4/c1-23(2,3)16(31)9-8-15(21(34)35)28-19(32)12-4-6-13(7-5-12)25-10-14-11-26-18-17(27-14)20(33)30-22(24)29-18;1-23(2,3)18(33)15(8-9-16(31)32)28-20(34)12-4-6-13(7-5-12)25-10-14-11-26-19-17(27-14)21(35)30-22(24)29-19;1-12(24)11-14(18(27)19(2,3)4)23-17(26)10-9-15(25)13(20)7-5-6-8-16(21)22;1-18(2,3)14(24)10-12(17(26)27)22-16(25)9-8-13(23)11(19)6-4-5-7-15(20)21;1-10(2,3)9-8(14)7(13)6(12)5(4-11)15-9;/h4-7,11,15,25H,8-10H2,1-3H3,(H,28,32)(H,34,35)(H3,24,26,29,30,33);4-7,11,15,25H,8-10H2,1-3H3,(H,28,34)(H,31,32)(H3,24,26,29,30,35);13-14H,5-11,20H2,1-4H3,(H3,21,22)(H,23,26);11-12H,4-10,19H2,1-3H3,(H3,20,21)(H,22,25)(H,26,27);5-9,11-14H,4H2,1-3H3;1H4/t;;13-,14-;11-,12-;;/m..00../s1. The molecule has 4 amide bonds. The minimum atomic E-state index is -1.32. The van der Waals surface area contributed by atoms with Crippen LogP contribution in [0, 0.1) is 37.9 Å². The average molecular weight is 1970 g/mol. The van der Waals surface area contributed by atoms with Crippen molar-refractivity contribution < 1.29 is 108 Å². The first-order chi connectivity index (χ1) is 64.3. The second-order valence-corrected chi connectivity index (χ2v) is 38.8. The fourth-order valence-electron chi connectivity index (χ4n) is 13.0. The molecule has 774 valence electrons. The van der Waals surface area contributed by atoms with E-state index in [1.54, 1.807) is 132 Å². The quantitative estimate of drug-likeness (QED) is 0.0143. The second-order valence-electron chi connectivity index (χ2n) is 38.8. The number of aliphatic hydroxyl groups excluding tert-OH is 4. The first-order valence-electron chi connectivity index (χ1n) is 45.1. The molecule has 1 saturated heterocycles. The number of rotatable bonds is 45. The Morgan fingerprint density at radius 2 is 0.850 bits per heavy atom. The minimum Gasteiger partial charge on any atom is -0.481 e. The highest BCUT2D eigenvalue weighted by Crippen LogP contribution is 2.33. The van der Waals surface area contributed by atoms with Crippen LogP contribution in [0.1, 0.15) is 266 Å². The summed E-state index contributed by atoms with van der Waals surface area (Å²) in [5, 5.41) is 95.8. The zero-order valence-electron chi connectivity index (χ0n) is 81.7. The van der Waals surface area contributed by atoms with Crippen molar-refractivity contribution in [3.63, 3.8) is 0 Å². The number of hydrogen-bond acceptors (Lipinski definition) is 35. The van der Waals surface area contributed by atoms with E-state index in [1.165, 1.54) is 19.3 Å². The van der Waals surface area contributed by atoms with Gasteiger partial charge in [0.1, 0.15) is 65.4 Å². The van der Waals surface area contributed by atoms with Gasteiger partial charge in [-0.2, -0.15) is 9.97 Å². The van der Waals surface area contributed by atoms with Crippen molar-refractivity contribution in [2.45, 2.75) is 314 Å². The molecular formula is C94H144N22O24. The maximum Gasteiger partial charge on any atom is 0.326 e. The monoisotopic (exact) mass is 1970 g/mol. The van der Waals surface area contributed by atoms with Gasteiger partial charge in [-0.05, 0) is 99.4 Å². The number of aliphatic hydroxyl groups is 4. The van der Waals surface area contributed by atoms with Crippen molar-refractivity contribution in [1.82, 2.24) is 61.1 Å². The number of aromatic amines is 2. The highest BCUT2D eigenvalue weighted by Gasteiger charge is 2.48. The number of benzene rings is 2. The van der Waals surface area contributed by atoms with Crippen LogP contribution in [-0.4, -0.2) is 243 Å². The van der Waals surface area contributed by atoms with Gasteiger partial charge in [-0.3, -0.25) is 87.9 Å². The molecule has 0 radical (unpaired) electrons. The van der Waals surface area contributed by atoms with Crippen LogP contribution < -0.4 is 77.4 Å². The number of carboxylic acids is 3. The summed E-state index contributed by atoms with van der Waals surface area (Å²) >= 11 is 0. The molecule has 0 saturated carbocycles. The summed E-state index contributed by atoms with van der Waals surface area (Å²) in [7, 11) is 0. The molecule has 1 aliphatic heterocycles. The Kier molecular flexibility index (Phi) is 49.7. The molecule has 11 atom stereocenters. The van der Waals surface area contributed by atoms with Gasteiger partial charge in [-0.25, -0.2) is 29.5 Å². The number of carbonyl (C=O) groups excluding carboxylic acids is 11. The zero-order valence-corrected chi connectivity index (χ0v) is 81.7. The number of nitrogens with zero attached hydrogens (tertiary/aromatic N) is 6. The summed E-state index contributed by atoms with van der Waals surface area (Å²) in [6.07, 6.45) is 1.45. The average Bonchev–Trinajstić information content (AvgIpc) is 0.788. The number of fused-ring (bicyclic) bond motifs is 2. The molecule has 0 bridgehead atoms. The van der Waals surface area contributed by atoms with Gasteiger partial charge in [0.25, 0.3) is 22.9 Å². The van der Waals surface area contributed by atoms with Crippen LogP contribution in [0.5, 0.6) is 0 Å². The number of nitrogens with one attached hydrogen (secondary N) is 10. The summed E-state index contributed by atoms with van der Waals surface area (Å²) in [5.41, 5.74) is 32.4. The number of ether oxygens (including phenoxy) is 1. The van der Waals surface area contributed by atoms with Gasteiger partial charge in [0.05, 0.1) is 85.4 Å². The number of aromatic nitrogens is 8. The third-order valence-electron chi connectivity index (χ3n) is 21.3. The topological polar surface area (TPSA) is 809 Å². The number of Topliss-reactive ketones (excluding diaryl/α,β-unsaturated/α-hetero) is 7. The normalized spacial score (nSPS) is 15.9. The maximum absolute atomic E-state index is 12.7. The van der Waals surface area contributed by atoms with Crippen LogP contribution in [0.4, 0.5) is 23.3 Å². The number of nitrogen functional groups attached to an aromatic ring is 2. The molecule has 29 N–H and O–H groups in total. The highest BCUT2D eigenvalue weighted by molar-refractivity contribution is 6.01. The van der Waals surface area contributed by atoms with Crippen molar-refractivity contribution in [2.75, 3.05) is 28.7 Å². The molecule has 7 unspecified atom stereocenters. The number of nitrogens with two attached hydrogens (primary N) is 6. The van der Waals surface area contributed by atoms with Gasteiger partial charge >= 0.3 is 17.9 Å². The Morgan fingerprint density at radius 1 is 0.464 bits per heavy atom. The Labute approximate surface area is 811 Å². The summed E-state index contributed by atoms with van der Waals surface area (Å²) in [6, 6.07) is 7.25. The predicted octanol–water partition coefficient (Wildman–Crippen LogP) is 4.46. The number of ketones is 7. The maximum atomic E-state index is 12.7.